The second-order valence-corrected chi connectivity index (χ2v) is 4.88. The molecule has 1 aliphatic rings. The second kappa shape index (κ2) is 7.05. The molecule has 0 spiro atoms. The maximum absolute atomic E-state index is 11.7. The van der Waals surface area contributed by atoms with Crippen LogP contribution in [0.5, 0.6) is 5.75 Å². The van der Waals surface area contributed by atoms with Crippen LogP contribution in [0.25, 0.3) is 0 Å². The predicted molar refractivity (Wildman–Crippen MR) is 74.7 cm³/mol. The molecule has 0 bridgehead atoms. The van der Waals surface area contributed by atoms with E-state index in [1.165, 1.54) is 12.1 Å². The Morgan fingerprint density at radius 2 is 2.00 bits per heavy atom. The first kappa shape index (κ1) is 15.3. The normalized spacial score (nSPS) is 21.0. The van der Waals surface area contributed by atoms with E-state index in [-0.39, 0.29) is 43.6 Å². The summed E-state index contributed by atoms with van der Waals surface area (Å²) >= 11 is 0. The van der Waals surface area contributed by atoms with E-state index in [4.69, 9.17) is 4.74 Å². The number of aliphatic hydroxyl groups is 1. The van der Waals surface area contributed by atoms with E-state index in [1.807, 2.05) is 0 Å². The van der Waals surface area contributed by atoms with Crippen molar-refractivity contribution in [3.8, 4) is 5.75 Å². The van der Waals surface area contributed by atoms with Gasteiger partial charge in [0.2, 0.25) is 11.8 Å². The molecule has 4 N–H and O–H groups in total. The molecule has 1 fully saturated rings. The highest BCUT2D eigenvalue weighted by Gasteiger charge is 2.27. The highest BCUT2D eigenvalue weighted by Crippen LogP contribution is 2.15. The van der Waals surface area contributed by atoms with Gasteiger partial charge in [0, 0.05) is 24.6 Å². The number of benzene rings is 1. The summed E-state index contributed by atoms with van der Waals surface area (Å²) in [7, 11) is 0. The molecule has 2 atom stereocenters. The number of aromatic hydroxyl groups is 1. The topological polar surface area (TPSA) is 108 Å². The summed E-state index contributed by atoms with van der Waals surface area (Å²) in [5, 5.41) is 24.0. The van der Waals surface area contributed by atoms with Gasteiger partial charge in [-0.3, -0.25) is 9.59 Å². The Labute approximate surface area is 121 Å². The fourth-order valence-corrected chi connectivity index (χ4v) is 1.99. The van der Waals surface area contributed by atoms with Gasteiger partial charge in [-0.05, 0) is 12.1 Å². The number of carbonyl (C=O) groups is 2. The minimum Gasteiger partial charge on any atom is -0.508 e. The molecule has 0 aromatic heterocycles. The van der Waals surface area contributed by atoms with Crippen LogP contribution in [-0.2, 0) is 14.3 Å². The molecule has 7 nitrogen and oxygen atoms in total. The Hall–Kier alpha value is -2.12. The third kappa shape index (κ3) is 4.73. The molecule has 1 aromatic carbocycles. The van der Waals surface area contributed by atoms with Crippen LogP contribution < -0.4 is 10.6 Å². The lowest BCUT2D eigenvalue weighted by Gasteiger charge is -2.14. The summed E-state index contributed by atoms with van der Waals surface area (Å²) in [4.78, 5) is 23.3. The van der Waals surface area contributed by atoms with E-state index in [9.17, 15) is 19.8 Å². The maximum atomic E-state index is 11.7. The Bertz CT molecular complexity index is 520. The van der Waals surface area contributed by atoms with Gasteiger partial charge in [0.05, 0.1) is 25.4 Å². The van der Waals surface area contributed by atoms with E-state index in [0.29, 0.717) is 5.69 Å². The number of hydrogen-bond donors (Lipinski definition) is 4. The van der Waals surface area contributed by atoms with Crippen molar-refractivity contribution in [2.45, 2.75) is 25.0 Å². The van der Waals surface area contributed by atoms with Crippen LogP contribution in [0.3, 0.4) is 0 Å². The van der Waals surface area contributed by atoms with Gasteiger partial charge in [-0.25, -0.2) is 0 Å². The van der Waals surface area contributed by atoms with E-state index in [1.54, 1.807) is 12.1 Å². The molecular formula is C14H18N2O5. The number of aliphatic hydroxyl groups excluding tert-OH is 1. The molecule has 1 aromatic rings. The first-order valence-corrected chi connectivity index (χ1v) is 6.68. The Morgan fingerprint density at radius 3 is 2.67 bits per heavy atom. The summed E-state index contributed by atoms with van der Waals surface area (Å²) in [6.45, 7) is 0.491. The van der Waals surface area contributed by atoms with Crippen LogP contribution in [0.2, 0.25) is 0 Å². The molecule has 1 saturated heterocycles. The molecule has 1 heterocycles. The molecule has 2 amide bonds. The average molecular weight is 294 g/mol. The maximum Gasteiger partial charge on any atom is 0.224 e. The van der Waals surface area contributed by atoms with Crippen molar-refractivity contribution in [3.63, 3.8) is 0 Å². The number of ether oxygens (including phenoxy) is 1. The van der Waals surface area contributed by atoms with Crippen molar-refractivity contribution in [1.29, 1.82) is 0 Å². The average Bonchev–Trinajstić information content (AvgIpc) is 2.82. The number of carbonyl (C=O) groups excluding carboxylic acids is 2. The lowest BCUT2D eigenvalue weighted by molar-refractivity contribution is -0.125. The number of amides is 2. The zero-order valence-corrected chi connectivity index (χ0v) is 11.4. The van der Waals surface area contributed by atoms with Crippen LogP contribution in [0.4, 0.5) is 5.69 Å². The van der Waals surface area contributed by atoms with E-state index in [0.717, 1.165) is 0 Å². The molecule has 114 valence electrons. The van der Waals surface area contributed by atoms with Gasteiger partial charge < -0.3 is 25.6 Å². The third-order valence-corrected chi connectivity index (χ3v) is 3.11. The number of anilines is 1. The summed E-state index contributed by atoms with van der Waals surface area (Å²) in [6, 6.07) is 5.76. The van der Waals surface area contributed by atoms with E-state index < -0.39 is 12.1 Å². The molecule has 7 heteroatoms. The van der Waals surface area contributed by atoms with Crippen LogP contribution in [0.15, 0.2) is 24.3 Å². The van der Waals surface area contributed by atoms with Crippen molar-refractivity contribution in [3.05, 3.63) is 24.3 Å². The van der Waals surface area contributed by atoms with Gasteiger partial charge in [0.25, 0.3) is 0 Å². The summed E-state index contributed by atoms with van der Waals surface area (Å²) in [5.74, 6) is -0.574. The lowest BCUT2D eigenvalue weighted by atomic mass is 10.2. The smallest absolute Gasteiger partial charge is 0.224 e. The fourth-order valence-electron chi connectivity index (χ4n) is 1.99. The Kier molecular flexibility index (Phi) is 5.13. The van der Waals surface area contributed by atoms with Crippen molar-refractivity contribution < 1.29 is 24.5 Å². The van der Waals surface area contributed by atoms with Gasteiger partial charge in [0.15, 0.2) is 0 Å². The van der Waals surface area contributed by atoms with Gasteiger partial charge in [-0.2, -0.15) is 0 Å². The minimum absolute atomic E-state index is 0.0190. The number of nitrogens with one attached hydrogen (secondary N) is 2. The number of phenolic OH excluding ortho intramolecular Hbond substituents is 1. The van der Waals surface area contributed by atoms with Gasteiger partial charge >= 0.3 is 0 Å². The Balaban J connectivity index is 1.72. The third-order valence-electron chi connectivity index (χ3n) is 3.11. The predicted octanol–water partition coefficient (Wildman–Crippen LogP) is -0.0132. The summed E-state index contributed by atoms with van der Waals surface area (Å²) < 4.78 is 5.02. The molecule has 1 aliphatic heterocycles. The quantitative estimate of drug-likeness (QED) is 0.611. The zero-order chi connectivity index (χ0) is 15.2. The van der Waals surface area contributed by atoms with Crippen molar-refractivity contribution in [2.24, 2.45) is 0 Å². The number of rotatable bonds is 5. The SMILES string of the molecule is O=C(CCC(=O)N[C@H]1COC[C@@H]1O)Nc1cccc(O)c1. The Morgan fingerprint density at radius 1 is 1.24 bits per heavy atom. The molecule has 0 aliphatic carbocycles. The summed E-state index contributed by atoms with van der Waals surface area (Å²) in [5.41, 5.74) is 0.472. The monoisotopic (exact) mass is 294 g/mol. The van der Waals surface area contributed by atoms with Gasteiger partial charge in [-0.1, -0.05) is 6.07 Å². The van der Waals surface area contributed by atoms with Crippen LogP contribution in [0.1, 0.15) is 12.8 Å². The molecule has 0 saturated carbocycles. The fraction of sp³-hybridized carbons (Fsp3) is 0.429. The van der Waals surface area contributed by atoms with Gasteiger partial charge in [0.1, 0.15) is 5.75 Å². The van der Waals surface area contributed by atoms with Crippen molar-refractivity contribution in [2.75, 3.05) is 18.5 Å². The van der Waals surface area contributed by atoms with Crippen LogP contribution >= 0.6 is 0 Å². The molecule has 2 rings (SSSR count). The number of phenols is 1. The lowest BCUT2D eigenvalue weighted by Crippen LogP contribution is -2.42. The highest BCUT2D eigenvalue weighted by molar-refractivity contribution is 5.93. The first-order chi connectivity index (χ1) is 10.0. The number of hydrogen-bond acceptors (Lipinski definition) is 5. The van der Waals surface area contributed by atoms with Crippen LogP contribution in [0, 0.1) is 0 Å². The highest BCUT2D eigenvalue weighted by atomic mass is 16.5. The van der Waals surface area contributed by atoms with Crippen LogP contribution in [-0.4, -0.2) is 47.4 Å². The van der Waals surface area contributed by atoms with E-state index >= 15 is 0 Å². The second-order valence-electron chi connectivity index (χ2n) is 4.88. The van der Waals surface area contributed by atoms with Gasteiger partial charge in [-0.15, -0.1) is 0 Å². The van der Waals surface area contributed by atoms with Crippen molar-refractivity contribution in [1.82, 2.24) is 5.32 Å². The zero-order valence-electron chi connectivity index (χ0n) is 11.4. The summed E-state index contributed by atoms with van der Waals surface area (Å²) in [6.07, 6.45) is -0.658. The molecular weight excluding hydrogens is 276 g/mol. The molecule has 0 radical (unpaired) electrons. The largest absolute Gasteiger partial charge is 0.508 e. The van der Waals surface area contributed by atoms with Crippen molar-refractivity contribution >= 4 is 17.5 Å². The van der Waals surface area contributed by atoms with E-state index in [2.05, 4.69) is 10.6 Å². The molecule has 0 unspecified atom stereocenters. The first-order valence-electron chi connectivity index (χ1n) is 6.68. The standard InChI is InChI=1S/C14H18N2O5/c17-10-3-1-2-9(6-10)15-13(19)4-5-14(20)16-11-7-21-8-12(11)18/h1-3,6,11-12,17-18H,4-5,7-8H2,(H,15,19)(H,16,20)/t11-,12-/m0/s1. The molecule has 21 heavy (non-hydrogen) atoms. The minimum atomic E-state index is -0.699.